The van der Waals surface area contributed by atoms with Gasteiger partial charge in [0.15, 0.2) is 15.8 Å². The number of nitrogens with zero attached hydrogens (tertiary/aromatic N) is 2. The molecule has 0 spiro atoms. The highest BCUT2D eigenvalue weighted by Crippen LogP contribution is 2.38. The molecule has 1 aliphatic heterocycles. The van der Waals surface area contributed by atoms with Crippen LogP contribution >= 0.6 is 24.0 Å². The quantitative estimate of drug-likeness (QED) is 0.221. The van der Waals surface area contributed by atoms with Crippen LogP contribution in [0.4, 0.5) is 11.4 Å². The molecule has 0 radical (unpaired) electrons. The average molecular weight is 459 g/mol. The summed E-state index contributed by atoms with van der Waals surface area (Å²) in [5, 5.41) is 11.1. The van der Waals surface area contributed by atoms with E-state index in [0.29, 0.717) is 33.0 Å². The number of nitro benzene ring substituents is 1. The summed E-state index contributed by atoms with van der Waals surface area (Å²) < 4.78 is 11.9. The predicted molar refractivity (Wildman–Crippen MR) is 127 cm³/mol. The first-order valence-electron chi connectivity index (χ1n) is 9.80. The number of non-ortho nitro benzene ring substituents is 1. The Morgan fingerprint density at radius 1 is 1.23 bits per heavy atom. The van der Waals surface area contributed by atoms with Gasteiger partial charge in [-0.3, -0.25) is 19.8 Å². The zero-order chi connectivity index (χ0) is 22.5. The average Bonchev–Trinajstić information content (AvgIpc) is 3.02. The fraction of sp³-hybridized carbons (Fsp3) is 0.273. The summed E-state index contributed by atoms with van der Waals surface area (Å²) in [5.41, 5.74) is 1.03. The van der Waals surface area contributed by atoms with Gasteiger partial charge >= 0.3 is 0 Å². The Morgan fingerprint density at radius 2 is 2.00 bits per heavy atom. The van der Waals surface area contributed by atoms with Crippen LogP contribution in [0.2, 0.25) is 0 Å². The van der Waals surface area contributed by atoms with Gasteiger partial charge in [0.2, 0.25) is 0 Å². The van der Waals surface area contributed by atoms with Crippen molar-refractivity contribution in [1.29, 1.82) is 0 Å². The largest absolute Gasteiger partial charge is 0.490 e. The predicted octanol–water partition coefficient (Wildman–Crippen LogP) is 5.58. The molecule has 2 aromatic rings. The van der Waals surface area contributed by atoms with Crippen molar-refractivity contribution in [3.8, 4) is 11.5 Å². The van der Waals surface area contributed by atoms with Crippen molar-refractivity contribution in [1.82, 2.24) is 0 Å². The second kappa shape index (κ2) is 9.93. The lowest BCUT2D eigenvalue weighted by Gasteiger charge is -2.16. The smallest absolute Gasteiger partial charge is 0.271 e. The number of anilines is 1. The molecule has 9 heteroatoms. The summed E-state index contributed by atoms with van der Waals surface area (Å²) in [6, 6.07) is 11.3. The van der Waals surface area contributed by atoms with Crippen LogP contribution in [0.15, 0.2) is 47.4 Å². The van der Waals surface area contributed by atoms with Crippen molar-refractivity contribution in [2.24, 2.45) is 0 Å². The van der Waals surface area contributed by atoms with Crippen LogP contribution in [0.3, 0.4) is 0 Å². The third-order valence-corrected chi connectivity index (χ3v) is 5.86. The molecule has 1 heterocycles. The lowest BCUT2D eigenvalue weighted by atomic mass is 10.1. The summed E-state index contributed by atoms with van der Waals surface area (Å²) in [4.78, 5) is 25.3. The van der Waals surface area contributed by atoms with Gasteiger partial charge < -0.3 is 9.47 Å². The number of carbonyl (C=O) groups excluding carboxylic acids is 1. The van der Waals surface area contributed by atoms with Crippen LogP contribution in [0, 0.1) is 10.1 Å². The van der Waals surface area contributed by atoms with Crippen LogP contribution in [0.25, 0.3) is 6.08 Å². The molecule has 1 saturated heterocycles. The molecule has 7 nitrogen and oxygen atoms in total. The molecule has 0 bridgehead atoms. The fourth-order valence-corrected chi connectivity index (χ4v) is 4.17. The number of carbonyl (C=O) groups is 1. The van der Waals surface area contributed by atoms with Crippen molar-refractivity contribution < 1.29 is 19.2 Å². The standard InChI is InChI=1S/C22H22N2O5S2/c1-4-14(3)29-18-10-9-15(11-19(18)28-5-2)12-20-21(25)23(22(30)31-20)16-7-6-8-17(13-16)24(26)27/h6-14H,4-5H2,1-3H3/b20-12-/t14-/m1/s1. The van der Waals surface area contributed by atoms with Gasteiger partial charge in [0.05, 0.1) is 28.2 Å². The van der Waals surface area contributed by atoms with Crippen LogP contribution in [-0.2, 0) is 4.79 Å². The molecule has 1 atom stereocenters. The minimum Gasteiger partial charge on any atom is -0.490 e. The van der Waals surface area contributed by atoms with E-state index in [1.54, 1.807) is 12.1 Å². The first kappa shape index (κ1) is 22.8. The van der Waals surface area contributed by atoms with Gasteiger partial charge in [0.25, 0.3) is 11.6 Å². The Labute approximate surface area is 190 Å². The number of nitro groups is 1. The van der Waals surface area contributed by atoms with Crippen LogP contribution < -0.4 is 14.4 Å². The Balaban J connectivity index is 1.89. The Hall–Kier alpha value is -2.91. The van der Waals surface area contributed by atoms with E-state index < -0.39 is 4.92 Å². The van der Waals surface area contributed by atoms with Crippen molar-refractivity contribution in [3.63, 3.8) is 0 Å². The second-order valence-electron chi connectivity index (χ2n) is 6.77. The fourth-order valence-electron chi connectivity index (χ4n) is 2.87. The number of thioether (sulfide) groups is 1. The second-order valence-corrected chi connectivity index (χ2v) is 8.45. The van der Waals surface area contributed by atoms with E-state index in [-0.39, 0.29) is 17.7 Å². The molecule has 0 aromatic heterocycles. The topological polar surface area (TPSA) is 81.9 Å². The number of hydrogen-bond acceptors (Lipinski definition) is 7. The SMILES string of the molecule is CCOc1cc(/C=C2\SC(=S)N(c3cccc([N+](=O)[O-])c3)C2=O)ccc1O[C@H](C)CC. The van der Waals surface area contributed by atoms with E-state index in [4.69, 9.17) is 21.7 Å². The van der Waals surface area contributed by atoms with E-state index in [2.05, 4.69) is 0 Å². The maximum Gasteiger partial charge on any atom is 0.271 e. The molecule has 31 heavy (non-hydrogen) atoms. The zero-order valence-corrected chi connectivity index (χ0v) is 19.0. The number of benzene rings is 2. The molecule has 0 aliphatic carbocycles. The summed E-state index contributed by atoms with van der Waals surface area (Å²) in [6.45, 7) is 6.41. The minimum absolute atomic E-state index is 0.0521. The highest BCUT2D eigenvalue weighted by atomic mass is 32.2. The number of rotatable bonds is 8. The van der Waals surface area contributed by atoms with Gasteiger partial charge in [-0.2, -0.15) is 0 Å². The maximum atomic E-state index is 13.0. The van der Waals surface area contributed by atoms with Gasteiger partial charge in [-0.1, -0.05) is 43.0 Å². The number of hydrogen-bond donors (Lipinski definition) is 0. The van der Waals surface area contributed by atoms with Crippen molar-refractivity contribution >= 4 is 51.7 Å². The normalized spacial score (nSPS) is 16.0. The number of amides is 1. The van der Waals surface area contributed by atoms with E-state index >= 15 is 0 Å². The molecular weight excluding hydrogens is 436 g/mol. The zero-order valence-electron chi connectivity index (χ0n) is 17.4. The number of thiocarbonyl (C=S) groups is 1. The Morgan fingerprint density at radius 3 is 2.68 bits per heavy atom. The van der Waals surface area contributed by atoms with E-state index in [1.165, 1.54) is 23.1 Å². The van der Waals surface area contributed by atoms with Gasteiger partial charge in [-0.05, 0) is 50.1 Å². The highest BCUT2D eigenvalue weighted by Gasteiger charge is 2.34. The molecule has 1 amide bonds. The lowest BCUT2D eigenvalue weighted by molar-refractivity contribution is -0.384. The minimum atomic E-state index is -0.505. The summed E-state index contributed by atoms with van der Waals surface area (Å²) in [6.07, 6.45) is 2.65. The molecular formula is C22H22N2O5S2. The first-order valence-corrected chi connectivity index (χ1v) is 11.0. The maximum absolute atomic E-state index is 13.0. The van der Waals surface area contributed by atoms with Gasteiger partial charge in [0, 0.05) is 12.1 Å². The highest BCUT2D eigenvalue weighted by molar-refractivity contribution is 8.27. The third kappa shape index (κ3) is 5.23. The van der Waals surface area contributed by atoms with E-state index in [0.717, 1.165) is 23.7 Å². The summed E-state index contributed by atoms with van der Waals surface area (Å²) in [5.74, 6) is 0.927. The van der Waals surface area contributed by atoms with Crippen LogP contribution in [0.5, 0.6) is 11.5 Å². The summed E-state index contributed by atoms with van der Waals surface area (Å²) >= 11 is 6.51. The Bertz CT molecular complexity index is 1050. The van der Waals surface area contributed by atoms with Gasteiger partial charge in [-0.15, -0.1) is 0 Å². The van der Waals surface area contributed by atoms with E-state index in [9.17, 15) is 14.9 Å². The Kier molecular flexibility index (Phi) is 7.29. The number of ether oxygens (including phenoxy) is 2. The molecule has 162 valence electrons. The van der Waals surface area contributed by atoms with Crippen molar-refractivity contribution in [2.75, 3.05) is 11.5 Å². The van der Waals surface area contributed by atoms with Gasteiger partial charge in [0.1, 0.15) is 0 Å². The first-order chi connectivity index (χ1) is 14.8. The van der Waals surface area contributed by atoms with Crippen LogP contribution in [-0.4, -0.2) is 27.9 Å². The molecule has 0 saturated carbocycles. The third-order valence-electron chi connectivity index (χ3n) is 4.56. The van der Waals surface area contributed by atoms with Crippen LogP contribution in [0.1, 0.15) is 32.8 Å². The lowest BCUT2D eigenvalue weighted by Crippen LogP contribution is -2.27. The van der Waals surface area contributed by atoms with Gasteiger partial charge in [-0.25, -0.2) is 0 Å². The summed E-state index contributed by atoms with van der Waals surface area (Å²) in [7, 11) is 0. The van der Waals surface area contributed by atoms with Crippen molar-refractivity contribution in [2.45, 2.75) is 33.3 Å². The van der Waals surface area contributed by atoms with E-state index in [1.807, 2.05) is 39.0 Å². The molecule has 3 rings (SSSR count). The monoisotopic (exact) mass is 458 g/mol. The van der Waals surface area contributed by atoms with Crippen molar-refractivity contribution in [3.05, 3.63) is 63.0 Å². The molecule has 1 aliphatic rings. The molecule has 1 fully saturated rings. The molecule has 2 aromatic carbocycles. The molecule has 0 N–H and O–H groups in total. The molecule has 0 unspecified atom stereocenters.